The topological polar surface area (TPSA) is 102 Å². The number of esters is 1. The average molecular weight is 388 g/mol. The van der Waals surface area contributed by atoms with E-state index in [1.54, 1.807) is 0 Å². The van der Waals surface area contributed by atoms with E-state index in [1.165, 1.54) is 7.05 Å². The number of ether oxygens (including phenoxy) is 1. The zero-order valence-corrected chi connectivity index (χ0v) is 16.4. The molecule has 0 saturated carbocycles. The number of benzene rings is 1. The Morgan fingerprint density at radius 3 is 2.43 bits per heavy atom. The van der Waals surface area contributed by atoms with Crippen molar-refractivity contribution in [3.63, 3.8) is 0 Å². The van der Waals surface area contributed by atoms with Crippen LogP contribution in [0.4, 0.5) is 0 Å². The third-order valence-electron chi connectivity index (χ3n) is 5.31. The molecule has 3 unspecified atom stereocenters. The van der Waals surface area contributed by atoms with Crippen molar-refractivity contribution in [1.82, 2.24) is 10.4 Å². The molecule has 2 heterocycles. The van der Waals surface area contributed by atoms with E-state index in [0.29, 0.717) is 10.8 Å². The molecule has 3 rings (SSSR count). The molecule has 2 amide bonds. The molecule has 1 aromatic carbocycles. The highest BCUT2D eigenvalue weighted by molar-refractivity contribution is 6.02. The number of carbonyl (C=O) groups is 4. The minimum atomic E-state index is -1.07. The van der Waals surface area contributed by atoms with E-state index >= 15 is 0 Å². The van der Waals surface area contributed by atoms with Gasteiger partial charge in [-0.3, -0.25) is 14.4 Å². The molecular weight excluding hydrogens is 364 g/mol. The van der Waals surface area contributed by atoms with E-state index in [4.69, 9.17) is 9.57 Å². The van der Waals surface area contributed by atoms with Crippen LogP contribution >= 0.6 is 0 Å². The van der Waals surface area contributed by atoms with E-state index in [0.717, 1.165) is 11.1 Å². The fraction of sp³-hybridized carbons (Fsp3) is 0.500. The Hall–Kier alpha value is -2.74. The first kappa shape index (κ1) is 20.0. The number of hydroxylamine groups is 2. The van der Waals surface area contributed by atoms with Crippen molar-refractivity contribution in [2.24, 2.45) is 5.92 Å². The number of hydrogen-bond donors (Lipinski definition) is 1. The van der Waals surface area contributed by atoms with Gasteiger partial charge in [0.25, 0.3) is 11.8 Å². The van der Waals surface area contributed by atoms with Crippen LogP contribution in [0, 0.1) is 5.92 Å². The monoisotopic (exact) mass is 388 g/mol. The maximum Gasteiger partial charge on any atom is 0.350 e. The van der Waals surface area contributed by atoms with Gasteiger partial charge < -0.3 is 14.9 Å². The molecule has 1 saturated heterocycles. The highest BCUT2D eigenvalue weighted by Crippen LogP contribution is 2.43. The predicted octanol–water partition coefficient (Wildman–Crippen LogP) is 1.64. The van der Waals surface area contributed by atoms with E-state index in [9.17, 15) is 19.2 Å². The van der Waals surface area contributed by atoms with Crippen molar-refractivity contribution in [3.05, 3.63) is 29.3 Å². The maximum absolute atomic E-state index is 12.8. The van der Waals surface area contributed by atoms with Crippen LogP contribution in [0.2, 0.25) is 0 Å². The van der Waals surface area contributed by atoms with Crippen LogP contribution in [0.15, 0.2) is 18.2 Å². The summed E-state index contributed by atoms with van der Waals surface area (Å²) in [4.78, 5) is 53.9. The van der Waals surface area contributed by atoms with Crippen LogP contribution in [-0.4, -0.2) is 41.9 Å². The normalized spacial score (nSPS) is 22.9. The largest absolute Gasteiger partial charge is 0.426 e. The van der Waals surface area contributed by atoms with Gasteiger partial charge in [0, 0.05) is 18.8 Å². The summed E-state index contributed by atoms with van der Waals surface area (Å²) in [5, 5.41) is 3.26. The second kappa shape index (κ2) is 7.71. The SMILES string of the molecule is CNC(C(=O)ON1C(=O)CCC1=O)C1C(=O)Oc2c(C(C)C)cccc2C1C. The molecule has 1 N–H and O–H groups in total. The number of para-hydroxylation sites is 1. The van der Waals surface area contributed by atoms with Crippen LogP contribution in [0.5, 0.6) is 5.75 Å². The zero-order chi connectivity index (χ0) is 20.6. The molecule has 2 aliphatic heterocycles. The Bertz CT molecular complexity index is 818. The molecular formula is C20H24N2O6. The number of rotatable bonds is 5. The lowest BCUT2D eigenvalue weighted by Crippen LogP contribution is -2.51. The number of nitrogens with one attached hydrogen (secondary N) is 1. The van der Waals surface area contributed by atoms with E-state index < -0.39 is 35.7 Å². The van der Waals surface area contributed by atoms with Gasteiger partial charge in [-0.25, -0.2) is 4.79 Å². The molecule has 1 fully saturated rings. The minimum Gasteiger partial charge on any atom is -0.426 e. The zero-order valence-electron chi connectivity index (χ0n) is 16.4. The lowest BCUT2D eigenvalue weighted by atomic mass is 9.79. The predicted molar refractivity (Wildman–Crippen MR) is 98.1 cm³/mol. The van der Waals surface area contributed by atoms with E-state index in [1.807, 2.05) is 39.0 Å². The number of carbonyl (C=O) groups excluding carboxylic acids is 4. The summed E-state index contributed by atoms with van der Waals surface area (Å²) in [5.74, 6) is -3.04. The lowest BCUT2D eigenvalue weighted by molar-refractivity contribution is -0.200. The molecule has 0 aromatic heterocycles. The van der Waals surface area contributed by atoms with Crippen LogP contribution in [-0.2, 0) is 24.0 Å². The number of nitrogens with zero attached hydrogens (tertiary/aromatic N) is 1. The molecule has 0 spiro atoms. The van der Waals surface area contributed by atoms with Crippen molar-refractivity contribution in [1.29, 1.82) is 0 Å². The van der Waals surface area contributed by atoms with Gasteiger partial charge in [0.15, 0.2) is 0 Å². The molecule has 150 valence electrons. The van der Waals surface area contributed by atoms with Gasteiger partial charge in [0.1, 0.15) is 11.8 Å². The average Bonchev–Trinajstić information content (AvgIpc) is 2.96. The Morgan fingerprint density at radius 2 is 1.86 bits per heavy atom. The Balaban J connectivity index is 1.88. The molecule has 3 atom stereocenters. The van der Waals surface area contributed by atoms with Gasteiger partial charge in [-0.2, -0.15) is 0 Å². The number of imide groups is 1. The Morgan fingerprint density at radius 1 is 1.21 bits per heavy atom. The molecule has 1 aromatic rings. The molecule has 28 heavy (non-hydrogen) atoms. The molecule has 0 bridgehead atoms. The van der Waals surface area contributed by atoms with Crippen molar-refractivity contribution in [3.8, 4) is 5.75 Å². The summed E-state index contributed by atoms with van der Waals surface area (Å²) >= 11 is 0. The summed E-state index contributed by atoms with van der Waals surface area (Å²) in [5.41, 5.74) is 1.75. The summed E-state index contributed by atoms with van der Waals surface area (Å²) < 4.78 is 5.62. The fourth-order valence-corrected chi connectivity index (χ4v) is 3.74. The molecule has 8 heteroatoms. The van der Waals surface area contributed by atoms with E-state index in [-0.39, 0.29) is 24.7 Å². The standard InChI is InChI=1S/C20H24N2O6/c1-10(2)12-6-5-7-13-11(3)16(19(25)27-18(12)13)17(21-4)20(26)28-22-14(23)8-9-15(22)24/h5-7,10-11,16-17,21H,8-9H2,1-4H3. The quantitative estimate of drug-likeness (QED) is 0.465. The molecule has 0 radical (unpaired) electrons. The summed E-state index contributed by atoms with van der Waals surface area (Å²) in [6, 6.07) is 4.61. The number of fused-ring (bicyclic) bond motifs is 1. The molecule has 2 aliphatic rings. The minimum absolute atomic E-state index is 0.00353. The van der Waals surface area contributed by atoms with Crippen LogP contribution in [0.25, 0.3) is 0 Å². The number of amides is 2. The third-order valence-corrected chi connectivity index (χ3v) is 5.31. The summed E-state index contributed by atoms with van der Waals surface area (Å²) in [6.45, 7) is 5.87. The lowest BCUT2D eigenvalue weighted by Gasteiger charge is -2.34. The van der Waals surface area contributed by atoms with E-state index in [2.05, 4.69) is 5.32 Å². The van der Waals surface area contributed by atoms with Gasteiger partial charge in [0.2, 0.25) is 0 Å². The maximum atomic E-state index is 12.8. The smallest absolute Gasteiger partial charge is 0.350 e. The number of hydrogen-bond acceptors (Lipinski definition) is 7. The van der Waals surface area contributed by atoms with Gasteiger partial charge >= 0.3 is 11.9 Å². The molecule has 0 aliphatic carbocycles. The third kappa shape index (κ3) is 3.40. The van der Waals surface area contributed by atoms with Gasteiger partial charge in [-0.1, -0.05) is 39.0 Å². The Labute approximate surface area is 163 Å². The molecule has 8 nitrogen and oxygen atoms in total. The van der Waals surface area contributed by atoms with Gasteiger partial charge in [-0.15, -0.1) is 5.06 Å². The highest BCUT2D eigenvalue weighted by Gasteiger charge is 2.46. The highest BCUT2D eigenvalue weighted by atomic mass is 16.7. The van der Waals surface area contributed by atoms with Crippen molar-refractivity contribution < 1.29 is 28.8 Å². The first-order valence-electron chi connectivity index (χ1n) is 9.35. The summed E-state index contributed by atoms with van der Waals surface area (Å²) in [7, 11) is 1.51. The van der Waals surface area contributed by atoms with Gasteiger partial charge in [-0.05, 0) is 24.1 Å². The van der Waals surface area contributed by atoms with Crippen LogP contribution in [0.3, 0.4) is 0 Å². The van der Waals surface area contributed by atoms with Crippen molar-refractivity contribution in [2.75, 3.05) is 7.05 Å². The van der Waals surface area contributed by atoms with Crippen LogP contribution in [0.1, 0.15) is 56.6 Å². The second-order valence-electron chi connectivity index (χ2n) is 7.41. The second-order valence-corrected chi connectivity index (χ2v) is 7.41. The Kier molecular flexibility index (Phi) is 5.51. The van der Waals surface area contributed by atoms with Crippen molar-refractivity contribution >= 4 is 23.8 Å². The number of likely N-dealkylation sites (N-methyl/N-ethyl adjacent to an activating group) is 1. The summed E-state index contributed by atoms with van der Waals surface area (Å²) in [6.07, 6.45) is 0.00707. The van der Waals surface area contributed by atoms with Crippen molar-refractivity contribution in [2.45, 2.75) is 51.5 Å². The first-order valence-corrected chi connectivity index (χ1v) is 9.35. The fourth-order valence-electron chi connectivity index (χ4n) is 3.74. The first-order chi connectivity index (χ1) is 13.3. The van der Waals surface area contributed by atoms with Gasteiger partial charge in [0.05, 0.1) is 5.92 Å². The van der Waals surface area contributed by atoms with Crippen LogP contribution < -0.4 is 10.1 Å².